The quantitative estimate of drug-likeness (QED) is 0.799. The first-order chi connectivity index (χ1) is 12.3. The Kier molecular flexibility index (Phi) is 3.69. The molecule has 0 saturated heterocycles. The zero-order chi connectivity index (χ0) is 18.6. The average Bonchev–Trinajstić information content (AvgIpc) is 3.01. The maximum Gasteiger partial charge on any atom is 0.346 e. The van der Waals surface area contributed by atoms with Crippen LogP contribution in [0.3, 0.4) is 0 Å². The molecule has 0 fully saturated rings. The molecule has 0 radical (unpaired) electrons. The Morgan fingerprint density at radius 2 is 2.08 bits per heavy atom. The molecule has 3 heterocycles. The topological polar surface area (TPSA) is 86.7 Å². The molecule has 1 N–H and O–H groups in total. The zero-order valence-corrected chi connectivity index (χ0v) is 15.1. The van der Waals surface area contributed by atoms with E-state index in [1.807, 2.05) is 18.0 Å². The molecule has 1 atom stereocenters. The van der Waals surface area contributed by atoms with Crippen LogP contribution in [0.5, 0.6) is 17.2 Å². The lowest BCUT2D eigenvalue weighted by atomic mass is 9.86. The van der Waals surface area contributed by atoms with Crippen LogP contribution in [0, 0.1) is 0 Å². The average molecular weight is 363 g/mol. The molecule has 26 heavy (non-hydrogen) atoms. The number of aliphatic hydroxyl groups excluding tert-OH is 1. The molecule has 8 nitrogen and oxygen atoms in total. The Bertz CT molecular complexity index is 814. The van der Waals surface area contributed by atoms with Gasteiger partial charge in [0.05, 0.1) is 13.2 Å². The van der Waals surface area contributed by atoms with E-state index in [-0.39, 0.29) is 12.4 Å². The highest BCUT2D eigenvalue weighted by molar-refractivity contribution is 5.91. The third-order valence-electron chi connectivity index (χ3n) is 4.80. The number of esters is 1. The van der Waals surface area contributed by atoms with Gasteiger partial charge < -0.3 is 28.8 Å². The van der Waals surface area contributed by atoms with Gasteiger partial charge in [0.15, 0.2) is 11.5 Å². The Morgan fingerprint density at radius 1 is 1.31 bits per heavy atom. The predicted molar refractivity (Wildman–Crippen MR) is 89.1 cm³/mol. The third-order valence-corrected chi connectivity index (χ3v) is 4.80. The summed E-state index contributed by atoms with van der Waals surface area (Å²) in [5, 5.41) is 10.5. The summed E-state index contributed by atoms with van der Waals surface area (Å²) >= 11 is 0. The third kappa shape index (κ3) is 2.44. The highest BCUT2D eigenvalue weighted by Crippen LogP contribution is 2.51. The van der Waals surface area contributed by atoms with Gasteiger partial charge in [-0.3, -0.25) is 4.90 Å². The SMILES string of the molecule is COc1c2c(cc3c1[C@H](C1=C(O)OC(C)(C)OC1=O)N(C)CC3)OCO2. The number of nitrogens with zero attached hydrogens (tertiary/aromatic N) is 1. The van der Waals surface area contributed by atoms with Crippen molar-refractivity contribution in [2.75, 3.05) is 27.5 Å². The molecule has 0 amide bonds. The summed E-state index contributed by atoms with van der Waals surface area (Å²) in [4.78, 5) is 14.6. The number of aliphatic hydroxyl groups is 1. The summed E-state index contributed by atoms with van der Waals surface area (Å²) < 4.78 is 27.4. The van der Waals surface area contributed by atoms with E-state index in [1.165, 1.54) is 7.11 Å². The van der Waals surface area contributed by atoms with Crippen molar-refractivity contribution in [3.63, 3.8) is 0 Å². The number of ether oxygens (including phenoxy) is 5. The predicted octanol–water partition coefficient (Wildman–Crippen LogP) is 2.03. The van der Waals surface area contributed by atoms with E-state index in [4.69, 9.17) is 23.7 Å². The fraction of sp³-hybridized carbons (Fsp3) is 0.500. The molecular weight excluding hydrogens is 342 g/mol. The molecule has 3 aliphatic heterocycles. The Balaban J connectivity index is 1.91. The van der Waals surface area contributed by atoms with Gasteiger partial charge in [0.25, 0.3) is 11.7 Å². The Hall–Kier alpha value is -2.61. The Labute approximate surface area is 150 Å². The number of hydrogen-bond acceptors (Lipinski definition) is 8. The van der Waals surface area contributed by atoms with Gasteiger partial charge in [-0.15, -0.1) is 0 Å². The van der Waals surface area contributed by atoms with Gasteiger partial charge in [0, 0.05) is 26.0 Å². The maximum atomic E-state index is 12.7. The minimum absolute atomic E-state index is 0.0462. The van der Waals surface area contributed by atoms with Gasteiger partial charge in [0.2, 0.25) is 12.5 Å². The van der Waals surface area contributed by atoms with Gasteiger partial charge in [-0.1, -0.05) is 0 Å². The van der Waals surface area contributed by atoms with Crippen LogP contribution >= 0.6 is 0 Å². The molecule has 0 saturated carbocycles. The van der Waals surface area contributed by atoms with E-state index in [0.717, 1.165) is 17.5 Å². The molecule has 8 heteroatoms. The smallest absolute Gasteiger partial charge is 0.346 e. The molecule has 0 spiro atoms. The van der Waals surface area contributed by atoms with Crippen LogP contribution in [0.1, 0.15) is 31.0 Å². The van der Waals surface area contributed by atoms with Gasteiger partial charge in [-0.05, 0) is 25.1 Å². The van der Waals surface area contributed by atoms with Crippen molar-refractivity contribution in [2.45, 2.75) is 32.1 Å². The second-order valence-corrected chi connectivity index (χ2v) is 6.96. The normalized spacial score (nSPS) is 24.0. The highest BCUT2D eigenvalue weighted by Gasteiger charge is 2.45. The summed E-state index contributed by atoms with van der Waals surface area (Å²) in [6.07, 6.45) is 0.741. The number of carbonyl (C=O) groups is 1. The van der Waals surface area contributed by atoms with Crippen LogP contribution in [0.4, 0.5) is 0 Å². The van der Waals surface area contributed by atoms with E-state index in [9.17, 15) is 9.90 Å². The lowest BCUT2D eigenvalue weighted by Gasteiger charge is -2.39. The number of hydrogen-bond donors (Lipinski definition) is 1. The first kappa shape index (κ1) is 16.8. The summed E-state index contributed by atoms with van der Waals surface area (Å²) in [6.45, 7) is 3.92. The fourth-order valence-corrected chi connectivity index (χ4v) is 3.70. The maximum absolute atomic E-state index is 12.7. The molecule has 0 aliphatic carbocycles. The second kappa shape index (κ2) is 5.70. The van der Waals surface area contributed by atoms with Crippen molar-refractivity contribution in [3.05, 3.63) is 28.7 Å². The first-order valence-electron chi connectivity index (χ1n) is 8.37. The van der Waals surface area contributed by atoms with Gasteiger partial charge in [-0.2, -0.15) is 0 Å². The monoisotopic (exact) mass is 363 g/mol. The van der Waals surface area contributed by atoms with Crippen LogP contribution in [0.15, 0.2) is 17.6 Å². The van der Waals surface area contributed by atoms with Crippen LogP contribution < -0.4 is 14.2 Å². The standard InChI is InChI=1S/C18H21NO7/c1-18(2)25-16(20)12(17(21)26-18)13-11-9(5-6-19(13)3)7-10-14(15(11)22-4)24-8-23-10/h7,13,20H,5-6,8H2,1-4H3/t13-/m1/s1. The van der Waals surface area contributed by atoms with E-state index >= 15 is 0 Å². The number of benzene rings is 1. The Morgan fingerprint density at radius 3 is 2.77 bits per heavy atom. The molecule has 1 aromatic rings. The molecular formula is C18H21NO7. The van der Waals surface area contributed by atoms with Crippen LogP contribution in [-0.2, 0) is 20.7 Å². The highest BCUT2D eigenvalue weighted by atomic mass is 16.8. The lowest BCUT2D eigenvalue weighted by molar-refractivity contribution is -0.223. The van der Waals surface area contributed by atoms with Crippen molar-refractivity contribution in [2.24, 2.45) is 0 Å². The van der Waals surface area contributed by atoms with Crippen LogP contribution in [0.2, 0.25) is 0 Å². The minimum atomic E-state index is -1.22. The van der Waals surface area contributed by atoms with E-state index in [2.05, 4.69) is 0 Å². The molecule has 1 aromatic carbocycles. The number of carbonyl (C=O) groups excluding carboxylic acids is 1. The van der Waals surface area contributed by atoms with Gasteiger partial charge >= 0.3 is 5.97 Å². The molecule has 0 bridgehead atoms. The molecule has 0 unspecified atom stereocenters. The number of fused-ring (bicyclic) bond motifs is 2. The van der Waals surface area contributed by atoms with Crippen molar-refractivity contribution in [3.8, 4) is 17.2 Å². The molecule has 140 valence electrons. The van der Waals surface area contributed by atoms with Gasteiger partial charge in [0.1, 0.15) is 5.57 Å². The second-order valence-electron chi connectivity index (χ2n) is 6.96. The minimum Gasteiger partial charge on any atom is -0.492 e. The largest absolute Gasteiger partial charge is 0.492 e. The van der Waals surface area contributed by atoms with E-state index in [1.54, 1.807) is 13.8 Å². The molecule has 0 aromatic heterocycles. The summed E-state index contributed by atoms with van der Waals surface area (Å²) in [6, 6.07) is 1.31. The molecule has 4 rings (SSSR count). The van der Waals surface area contributed by atoms with Crippen LogP contribution in [-0.4, -0.2) is 49.3 Å². The van der Waals surface area contributed by atoms with Crippen molar-refractivity contribution >= 4 is 5.97 Å². The fourth-order valence-electron chi connectivity index (χ4n) is 3.70. The van der Waals surface area contributed by atoms with Crippen molar-refractivity contribution in [1.29, 1.82) is 0 Å². The van der Waals surface area contributed by atoms with Gasteiger partial charge in [-0.25, -0.2) is 4.79 Å². The van der Waals surface area contributed by atoms with Crippen molar-refractivity contribution < 1.29 is 33.6 Å². The van der Waals surface area contributed by atoms with E-state index < -0.39 is 23.7 Å². The molecule has 3 aliphatic rings. The summed E-state index contributed by atoms with van der Waals surface area (Å²) in [7, 11) is 3.40. The van der Waals surface area contributed by atoms with Crippen LogP contribution in [0.25, 0.3) is 0 Å². The number of methoxy groups -OCH3 is 1. The van der Waals surface area contributed by atoms with E-state index in [0.29, 0.717) is 23.8 Å². The number of likely N-dealkylation sites (N-methyl/N-ethyl adjacent to an activating group) is 1. The summed E-state index contributed by atoms with van der Waals surface area (Å²) in [5.41, 5.74) is 1.75. The summed E-state index contributed by atoms with van der Waals surface area (Å²) in [5.74, 6) is -0.675. The zero-order valence-electron chi connectivity index (χ0n) is 15.1. The van der Waals surface area contributed by atoms with Crippen molar-refractivity contribution in [1.82, 2.24) is 4.90 Å². The first-order valence-corrected chi connectivity index (χ1v) is 8.37. The number of rotatable bonds is 2. The lowest BCUT2D eigenvalue weighted by Crippen LogP contribution is -2.43. The number of cyclic esters (lactones) is 1.